The molecule has 1 aromatic heterocycles. The number of hydrogen-bond donors (Lipinski definition) is 2. The number of nitrogens with one attached hydrogen (secondary N) is 1. The molecule has 0 saturated heterocycles. The fourth-order valence-electron chi connectivity index (χ4n) is 1.59. The number of benzene rings is 1. The maximum Gasteiger partial charge on any atom is 0.267 e. The van der Waals surface area contributed by atoms with Gasteiger partial charge in [0.1, 0.15) is 4.88 Å². The van der Waals surface area contributed by atoms with E-state index in [0.717, 1.165) is 5.01 Å². The Morgan fingerprint density at radius 2 is 2.33 bits per heavy atom. The van der Waals surface area contributed by atoms with Gasteiger partial charge < -0.3 is 10.4 Å². The number of aliphatic hydroxyl groups excluding tert-OH is 1. The highest BCUT2D eigenvalue weighted by atomic mass is 35.5. The Bertz CT molecular complexity index is 716. The van der Waals surface area contributed by atoms with E-state index in [0.29, 0.717) is 27.6 Å². The molecule has 2 rings (SSSR count). The minimum atomic E-state index is -0.243. The first-order valence-corrected chi connectivity index (χ1v) is 7.42. The van der Waals surface area contributed by atoms with Crippen LogP contribution in [0.1, 0.15) is 26.7 Å². The summed E-state index contributed by atoms with van der Waals surface area (Å²) in [6.07, 6.45) is 1.92. The lowest BCUT2D eigenvalue weighted by Gasteiger charge is -2.06. The summed E-state index contributed by atoms with van der Waals surface area (Å²) in [5, 5.41) is 12.9. The van der Waals surface area contributed by atoms with Gasteiger partial charge in [0.15, 0.2) is 0 Å². The van der Waals surface area contributed by atoms with E-state index >= 15 is 0 Å². The van der Waals surface area contributed by atoms with Gasteiger partial charge in [0.05, 0.1) is 23.5 Å². The third-order valence-electron chi connectivity index (χ3n) is 2.53. The molecule has 0 aliphatic carbocycles. The van der Waals surface area contributed by atoms with Crippen LogP contribution in [0.3, 0.4) is 0 Å². The number of rotatable bonds is 3. The smallest absolute Gasteiger partial charge is 0.267 e. The lowest BCUT2D eigenvalue weighted by molar-refractivity contribution is 0.103. The van der Waals surface area contributed by atoms with Crippen molar-refractivity contribution in [3.63, 3.8) is 0 Å². The number of aryl methyl sites for hydroxylation is 1. The lowest BCUT2D eigenvalue weighted by Crippen LogP contribution is -2.11. The normalized spacial score (nSPS) is 9.86. The van der Waals surface area contributed by atoms with Gasteiger partial charge in [0.25, 0.3) is 5.91 Å². The van der Waals surface area contributed by atoms with E-state index in [-0.39, 0.29) is 12.5 Å². The van der Waals surface area contributed by atoms with Gasteiger partial charge >= 0.3 is 0 Å². The summed E-state index contributed by atoms with van der Waals surface area (Å²) in [7, 11) is 0. The van der Waals surface area contributed by atoms with E-state index in [1.54, 1.807) is 18.2 Å². The molecule has 0 bridgehead atoms. The second kappa shape index (κ2) is 7.23. The van der Waals surface area contributed by atoms with E-state index < -0.39 is 0 Å². The molecular weight excluding hydrogens is 308 g/mol. The van der Waals surface area contributed by atoms with Gasteiger partial charge in [-0.05, 0) is 25.1 Å². The van der Waals surface area contributed by atoms with Crippen molar-refractivity contribution < 1.29 is 9.90 Å². The molecule has 6 heteroatoms. The second-order valence-electron chi connectivity index (χ2n) is 4.16. The topological polar surface area (TPSA) is 62.2 Å². The molecular formula is C15H13ClN2O2S. The van der Waals surface area contributed by atoms with Crippen LogP contribution in [0.4, 0.5) is 5.69 Å². The number of amides is 1. The number of aromatic nitrogens is 1. The standard InChI is InChI=1S/C15H13ClN2O2S/c1-10-17-9-14(21-10)15(20)18-13-8-12(16)6-5-11(13)4-2-3-7-19/h5-6,8-9,19H,3,7H2,1H3,(H,18,20). The molecule has 2 N–H and O–H groups in total. The minimum Gasteiger partial charge on any atom is -0.395 e. The van der Waals surface area contributed by atoms with Crippen LogP contribution in [-0.2, 0) is 0 Å². The fourth-order valence-corrected chi connectivity index (χ4v) is 2.44. The van der Waals surface area contributed by atoms with Crippen molar-refractivity contribution in [2.24, 2.45) is 0 Å². The SMILES string of the molecule is Cc1ncc(C(=O)Nc2cc(Cl)ccc2C#CCCO)s1. The number of nitrogens with zero attached hydrogens (tertiary/aromatic N) is 1. The monoisotopic (exact) mass is 320 g/mol. The quantitative estimate of drug-likeness (QED) is 0.854. The van der Waals surface area contributed by atoms with E-state index in [2.05, 4.69) is 22.1 Å². The van der Waals surface area contributed by atoms with Crippen molar-refractivity contribution >= 4 is 34.5 Å². The zero-order valence-corrected chi connectivity index (χ0v) is 12.9. The molecule has 2 aromatic rings. The molecule has 1 aromatic carbocycles. The van der Waals surface area contributed by atoms with Gasteiger partial charge in [-0.3, -0.25) is 4.79 Å². The van der Waals surface area contributed by atoms with Crippen LogP contribution >= 0.6 is 22.9 Å². The highest BCUT2D eigenvalue weighted by Gasteiger charge is 2.11. The largest absolute Gasteiger partial charge is 0.395 e. The molecule has 0 aliphatic heterocycles. The van der Waals surface area contributed by atoms with E-state index in [4.69, 9.17) is 16.7 Å². The average Bonchev–Trinajstić information content (AvgIpc) is 2.88. The number of hydrogen-bond acceptors (Lipinski definition) is 4. The van der Waals surface area contributed by atoms with E-state index in [1.165, 1.54) is 17.5 Å². The van der Waals surface area contributed by atoms with Crippen LogP contribution in [0, 0.1) is 18.8 Å². The van der Waals surface area contributed by atoms with Crippen molar-refractivity contribution in [3.05, 3.63) is 44.9 Å². The van der Waals surface area contributed by atoms with Crippen LogP contribution in [0.2, 0.25) is 5.02 Å². The van der Waals surface area contributed by atoms with Crippen LogP contribution in [0.25, 0.3) is 0 Å². The Morgan fingerprint density at radius 3 is 3.00 bits per heavy atom. The maximum atomic E-state index is 12.1. The molecule has 21 heavy (non-hydrogen) atoms. The number of anilines is 1. The number of aliphatic hydroxyl groups is 1. The summed E-state index contributed by atoms with van der Waals surface area (Å²) < 4.78 is 0. The molecule has 1 amide bonds. The molecule has 0 radical (unpaired) electrons. The first-order chi connectivity index (χ1) is 10.1. The predicted octanol–water partition coefficient (Wildman–Crippen LogP) is 3.09. The summed E-state index contributed by atoms with van der Waals surface area (Å²) >= 11 is 7.28. The Balaban J connectivity index is 2.24. The van der Waals surface area contributed by atoms with Gasteiger partial charge in [-0.2, -0.15) is 0 Å². The van der Waals surface area contributed by atoms with Gasteiger partial charge in [0, 0.05) is 17.0 Å². The highest BCUT2D eigenvalue weighted by molar-refractivity contribution is 7.13. The molecule has 1 heterocycles. The zero-order valence-electron chi connectivity index (χ0n) is 11.3. The van der Waals surface area contributed by atoms with Crippen molar-refractivity contribution in [2.45, 2.75) is 13.3 Å². The molecule has 0 fully saturated rings. The van der Waals surface area contributed by atoms with Crippen LogP contribution in [-0.4, -0.2) is 22.6 Å². The van der Waals surface area contributed by atoms with Gasteiger partial charge in [-0.25, -0.2) is 4.98 Å². The molecule has 0 atom stereocenters. The Kier molecular flexibility index (Phi) is 5.34. The summed E-state index contributed by atoms with van der Waals surface area (Å²) in [6.45, 7) is 1.84. The molecule has 108 valence electrons. The zero-order chi connectivity index (χ0) is 15.2. The van der Waals surface area contributed by atoms with Crippen LogP contribution in [0.5, 0.6) is 0 Å². The Hall–Kier alpha value is -1.87. The lowest BCUT2D eigenvalue weighted by atomic mass is 10.1. The van der Waals surface area contributed by atoms with Crippen molar-refractivity contribution in [3.8, 4) is 11.8 Å². The molecule has 0 unspecified atom stereocenters. The van der Waals surface area contributed by atoms with E-state index in [9.17, 15) is 4.79 Å². The third-order valence-corrected chi connectivity index (χ3v) is 3.68. The molecule has 0 aliphatic rings. The van der Waals surface area contributed by atoms with E-state index in [1.807, 2.05) is 6.92 Å². The van der Waals surface area contributed by atoms with Gasteiger partial charge in [-0.1, -0.05) is 23.4 Å². The van der Waals surface area contributed by atoms with Crippen LogP contribution in [0.15, 0.2) is 24.4 Å². The van der Waals surface area contributed by atoms with Crippen molar-refractivity contribution in [1.29, 1.82) is 0 Å². The van der Waals surface area contributed by atoms with Gasteiger partial charge in [-0.15, -0.1) is 11.3 Å². The van der Waals surface area contributed by atoms with Crippen LogP contribution < -0.4 is 5.32 Å². The number of carbonyl (C=O) groups is 1. The Morgan fingerprint density at radius 1 is 1.52 bits per heavy atom. The second-order valence-corrected chi connectivity index (χ2v) is 5.83. The van der Waals surface area contributed by atoms with Crippen molar-refractivity contribution in [1.82, 2.24) is 4.98 Å². The third kappa shape index (κ3) is 4.30. The first kappa shape index (κ1) is 15.5. The summed E-state index contributed by atoms with van der Waals surface area (Å²) in [5.74, 6) is 5.49. The first-order valence-electron chi connectivity index (χ1n) is 6.23. The number of thiazole rings is 1. The highest BCUT2D eigenvalue weighted by Crippen LogP contribution is 2.22. The predicted molar refractivity (Wildman–Crippen MR) is 84.8 cm³/mol. The fraction of sp³-hybridized carbons (Fsp3) is 0.200. The van der Waals surface area contributed by atoms with Crippen molar-refractivity contribution in [2.75, 3.05) is 11.9 Å². The molecule has 0 saturated carbocycles. The average molecular weight is 321 g/mol. The molecule has 4 nitrogen and oxygen atoms in total. The minimum absolute atomic E-state index is 0.00240. The van der Waals surface area contributed by atoms with Gasteiger partial charge in [0.2, 0.25) is 0 Å². The number of carbonyl (C=O) groups excluding carboxylic acids is 1. The summed E-state index contributed by atoms with van der Waals surface area (Å²) in [4.78, 5) is 16.7. The molecule has 0 spiro atoms. The Labute approximate surface area is 131 Å². The summed E-state index contributed by atoms with van der Waals surface area (Å²) in [6, 6.07) is 5.09. The maximum absolute atomic E-state index is 12.1. The number of halogens is 1. The summed E-state index contributed by atoms with van der Waals surface area (Å²) in [5.41, 5.74) is 1.20.